The van der Waals surface area contributed by atoms with Crippen LogP contribution in [0.3, 0.4) is 0 Å². The van der Waals surface area contributed by atoms with Crippen molar-refractivity contribution in [3.05, 3.63) is 58.1 Å². The van der Waals surface area contributed by atoms with Gasteiger partial charge in [-0.2, -0.15) is 0 Å². The molecule has 2 aromatic carbocycles. The molecular weight excluding hydrogens is 276 g/mol. The van der Waals surface area contributed by atoms with Crippen molar-refractivity contribution in [2.24, 2.45) is 0 Å². The Balaban J connectivity index is 2.09. The normalized spacial score (nSPS) is 10.2. The minimum absolute atomic E-state index is 0.00975. The molecule has 2 N–H and O–H groups in total. The number of nitrogens with two attached hydrogens (primary N) is 1. The average molecular weight is 290 g/mol. The predicted octanol–water partition coefficient (Wildman–Crippen LogP) is 3.48. The van der Waals surface area contributed by atoms with E-state index >= 15 is 0 Å². The molecule has 0 saturated heterocycles. The molecule has 0 radical (unpaired) electrons. The fourth-order valence-corrected chi connectivity index (χ4v) is 2.07. The first kappa shape index (κ1) is 14.2. The number of nitrogens with zero attached hydrogens (tertiary/aromatic N) is 1. The Bertz CT molecular complexity index is 614. The summed E-state index contributed by atoms with van der Waals surface area (Å²) in [5.74, 6) is 0.703. The van der Waals surface area contributed by atoms with Crippen molar-refractivity contribution < 1.29 is 9.66 Å². The van der Waals surface area contributed by atoms with Gasteiger partial charge in [-0.15, -0.1) is 11.8 Å². The van der Waals surface area contributed by atoms with E-state index in [0.29, 0.717) is 17.0 Å². The topological polar surface area (TPSA) is 78.4 Å². The highest BCUT2D eigenvalue weighted by molar-refractivity contribution is 7.98. The molecule has 0 aliphatic heterocycles. The van der Waals surface area contributed by atoms with E-state index in [1.54, 1.807) is 11.8 Å². The second-order valence-electron chi connectivity index (χ2n) is 4.10. The highest BCUT2D eigenvalue weighted by atomic mass is 32.2. The quantitative estimate of drug-likeness (QED) is 0.395. The van der Waals surface area contributed by atoms with Crippen molar-refractivity contribution in [2.75, 3.05) is 12.0 Å². The molecule has 20 heavy (non-hydrogen) atoms. The Morgan fingerprint density at radius 3 is 2.55 bits per heavy atom. The fourth-order valence-electron chi connectivity index (χ4n) is 1.66. The number of ether oxygens (including phenoxy) is 1. The van der Waals surface area contributed by atoms with Crippen LogP contribution in [0, 0.1) is 10.1 Å². The highest BCUT2D eigenvalue weighted by Gasteiger charge is 2.09. The second-order valence-corrected chi connectivity index (χ2v) is 4.98. The summed E-state index contributed by atoms with van der Waals surface area (Å²) in [4.78, 5) is 11.4. The molecule has 0 fully saturated rings. The highest BCUT2D eigenvalue weighted by Crippen LogP contribution is 2.23. The summed E-state index contributed by atoms with van der Waals surface area (Å²) in [7, 11) is 0. The molecule has 0 heterocycles. The van der Waals surface area contributed by atoms with Crippen LogP contribution in [-0.4, -0.2) is 11.2 Å². The maximum absolute atomic E-state index is 10.7. The molecule has 6 heteroatoms. The van der Waals surface area contributed by atoms with Crippen molar-refractivity contribution >= 4 is 23.1 Å². The Labute approximate surface area is 120 Å². The molecule has 2 rings (SSSR count). The number of nitrogen functional groups attached to an aromatic ring is 1. The molecule has 0 amide bonds. The van der Waals surface area contributed by atoms with E-state index in [2.05, 4.69) is 0 Å². The van der Waals surface area contributed by atoms with Gasteiger partial charge in [0.15, 0.2) is 0 Å². The number of benzene rings is 2. The Morgan fingerprint density at radius 2 is 1.95 bits per heavy atom. The lowest BCUT2D eigenvalue weighted by Gasteiger charge is -2.09. The van der Waals surface area contributed by atoms with Crippen molar-refractivity contribution in [3.8, 4) is 5.75 Å². The molecular formula is C14H14N2O3S. The largest absolute Gasteiger partial charge is 0.489 e. The van der Waals surface area contributed by atoms with Crippen LogP contribution in [0.4, 0.5) is 11.4 Å². The molecule has 0 spiro atoms. The molecule has 0 saturated carbocycles. The fraction of sp³-hybridized carbons (Fsp3) is 0.143. The summed E-state index contributed by atoms with van der Waals surface area (Å²) in [5.41, 5.74) is 6.89. The van der Waals surface area contributed by atoms with Gasteiger partial charge >= 0.3 is 0 Å². The lowest BCUT2D eigenvalue weighted by molar-refractivity contribution is -0.384. The van der Waals surface area contributed by atoms with E-state index in [1.165, 1.54) is 18.2 Å². The van der Waals surface area contributed by atoms with Gasteiger partial charge in [-0.25, -0.2) is 0 Å². The molecule has 0 aliphatic rings. The predicted molar refractivity (Wildman–Crippen MR) is 80.1 cm³/mol. The number of hydrogen-bond acceptors (Lipinski definition) is 5. The van der Waals surface area contributed by atoms with Crippen LogP contribution < -0.4 is 10.5 Å². The van der Waals surface area contributed by atoms with Crippen LogP contribution in [0.15, 0.2) is 47.4 Å². The maximum atomic E-state index is 10.7. The average Bonchev–Trinajstić information content (AvgIpc) is 2.46. The molecule has 0 unspecified atom stereocenters. The number of rotatable bonds is 5. The third-order valence-corrected chi connectivity index (χ3v) is 3.53. The minimum atomic E-state index is -0.448. The molecule has 0 aliphatic carbocycles. The van der Waals surface area contributed by atoms with E-state index in [-0.39, 0.29) is 12.3 Å². The van der Waals surface area contributed by atoms with Crippen LogP contribution in [-0.2, 0) is 6.61 Å². The van der Waals surface area contributed by atoms with E-state index < -0.39 is 4.92 Å². The van der Waals surface area contributed by atoms with Crippen molar-refractivity contribution in [1.29, 1.82) is 0 Å². The standard InChI is InChI=1S/C14H14N2O3S/c1-20-13-5-3-12(4-6-13)19-9-10-8-11(16(17)18)2-7-14(10)15/h2-8H,9,15H2,1H3. The van der Waals surface area contributed by atoms with Gasteiger partial charge in [0, 0.05) is 28.3 Å². The van der Waals surface area contributed by atoms with Gasteiger partial charge in [0.05, 0.1) is 4.92 Å². The van der Waals surface area contributed by atoms with Gasteiger partial charge in [-0.3, -0.25) is 10.1 Å². The van der Waals surface area contributed by atoms with Crippen molar-refractivity contribution in [3.63, 3.8) is 0 Å². The van der Waals surface area contributed by atoms with Crippen molar-refractivity contribution in [2.45, 2.75) is 11.5 Å². The zero-order valence-corrected chi connectivity index (χ0v) is 11.7. The summed E-state index contributed by atoms with van der Waals surface area (Å²) in [6, 6.07) is 12.0. The summed E-state index contributed by atoms with van der Waals surface area (Å²) in [6.07, 6.45) is 2.00. The summed E-state index contributed by atoms with van der Waals surface area (Å²) < 4.78 is 5.60. The van der Waals surface area contributed by atoms with E-state index in [0.717, 1.165) is 4.90 Å². The van der Waals surface area contributed by atoms with Crippen LogP contribution in [0.1, 0.15) is 5.56 Å². The number of non-ortho nitro benzene ring substituents is 1. The molecule has 0 atom stereocenters. The zero-order chi connectivity index (χ0) is 14.5. The third-order valence-electron chi connectivity index (χ3n) is 2.79. The summed E-state index contributed by atoms with van der Waals surface area (Å²) in [6.45, 7) is 0.201. The van der Waals surface area contributed by atoms with E-state index in [4.69, 9.17) is 10.5 Å². The van der Waals surface area contributed by atoms with Crippen molar-refractivity contribution in [1.82, 2.24) is 0 Å². The van der Waals surface area contributed by atoms with Gasteiger partial charge in [0.25, 0.3) is 5.69 Å². The smallest absolute Gasteiger partial charge is 0.269 e. The van der Waals surface area contributed by atoms with Gasteiger partial charge in [-0.05, 0) is 36.6 Å². The first-order valence-electron chi connectivity index (χ1n) is 5.90. The summed E-state index contributed by atoms with van der Waals surface area (Å²) in [5, 5.41) is 10.7. The van der Waals surface area contributed by atoms with Gasteiger partial charge in [0.2, 0.25) is 0 Å². The molecule has 5 nitrogen and oxygen atoms in total. The summed E-state index contributed by atoms with van der Waals surface area (Å²) >= 11 is 1.65. The first-order valence-corrected chi connectivity index (χ1v) is 7.12. The Hall–Kier alpha value is -2.21. The Kier molecular flexibility index (Phi) is 4.47. The molecule has 104 valence electrons. The number of thioether (sulfide) groups is 1. The van der Waals surface area contributed by atoms with Gasteiger partial charge < -0.3 is 10.5 Å². The molecule has 0 bridgehead atoms. The lowest BCUT2D eigenvalue weighted by atomic mass is 10.1. The van der Waals surface area contributed by atoms with Crippen LogP contribution in [0.5, 0.6) is 5.75 Å². The SMILES string of the molecule is CSc1ccc(OCc2cc([N+](=O)[O-])ccc2N)cc1. The number of hydrogen-bond donors (Lipinski definition) is 1. The monoisotopic (exact) mass is 290 g/mol. The molecule has 0 aromatic heterocycles. The van der Waals surface area contributed by atoms with Gasteiger partial charge in [0.1, 0.15) is 12.4 Å². The maximum Gasteiger partial charge on any atom is 0.269 e. The number of nitro groups is 1. The zero-order valence-electron chi connectivity index (χ0n) is 10.9. The number of anilines is 1. The lowest BCUT2D eigenvalue weighted by Crippen LogP contribution is -2.01. The van der Waals surface area contributed by atoms with E-state index in [9.17, 15) is 10.1 Å². The minimum Gasteiger partial charge on any atom is -0.489 e. The van der Waals surface area contributed by atoms with Crippen LogP contribution in [0.25, 0.3) is 0 Å². The van der Waals surface area contributed by atoms with Crippen LogP contribution in [0.2, 0.25) is 0 Å². The molecule has 2 aromatic rings. The first-order chi connectivity index (χ1) is 9.60. The van der Waals surface area contributed by atoms with E-state index in [1.807, 2.05) is 30.5 Å². The Morgan fingerprint density at radius 1 is 1.25 bits per heavy atom. The number of nitro benzene ring substituents is 1. The third kappa shape index (κ3) is 3.42. The van der Waals surface area contributed by atoms with Gasteiger partial charge in [-0.1, -0.05) is 0 Å². The van der Waals surface area contributed by atoms with Crippen LogP contribution >= 0.6 is 11.8 Å². The second kappa shape index (κ2) is 6.29.